The molecule has 0 aliphatic heterocycles. The highest BCUT2D eigenvalue weighted by atomic mass is 31.2. The van der Waals surface area contributed by atoms with Crippen LogP contribution in [-0.2, 0) is 11.1 Å². The summed E-state index contributed by atoms with van der Waals surface area (Å²) in [7, 11) is -3.42. The summed E-state index contributed by atoms with van der Waals surface area (Å²) < 4.78 is 12.6. The van der Waals surface area contributed by atoms with Crippen LogP contribution in [0.5, 0.6) is 0 Å². The molecule has 1 unspecified atom stereocenters. The van der Waals surface area contributed by atoms with Gasteiger partial charge in [-0.15, -0.1) is 0 Å². The second kappa shape index (κ2) is 2.80. The van der Waals surface area contributed by atoms with Crippen molar-refractivity contribution in [1.82, 2.24) is 9.55 Å². The van der Waals surface area contributed by atoms with E-state index >= 15 is 0 Å². The van der Waals surface area contributed by atoms with Crippen LogP contribution < -0.4 is 10.5 Å². The van der Waals surface area contributed by atoms with Gasteiger partial charge < -0.3 is 14.0 Å². The van der Waals surface area contributed by atoms with Gasteiger partial charge in [0.1, 0.15) is 0 Å². The normalized spacial score (nSPS) is 16.3. The molecule has 62 valence electrons. The van der Waals surface area contributed by atoms with Crippen LogP contribution in [0.1, 0.15) is 6.92 Å². The number of hydrogen-bond donors (Lipinski definition) is 0. The summed E-state index contributed by atoms with van der Waals surface area (Å²) in [6, 6.07) is 0. The Labute approximate surface area is 65.3 Å². The molecule has 1 heterocycles. The van der Waals surface area contributed by atoms with Crippen LogP contribution in [0.15, 0.2) is 12.4 Å². The maximum atomic E-state index is 11.0. The Hall–Kier alpha value is -0.600. The van der Waals surface area contributed by atoms with Gasteiger partial charge in [-0.2, -0.15) is 0 Å². The topological polar surface area (TPSA) is 58.0 Å². The second-order valence-electron chi connectivity index (χ2n) is 2.36. The lowest BCUT2D eigenvalue weighted by atomic mass is 10.7. The molecular weight excluding hydrogens is 163 g/mol. The second-order valence-corrected chi connectivity index (χ2v) is 4.45. The number of imidazole rings is 1. The van der Waals surface area contributed by atoms with E-state index in [9.17, 15) is 9.46 Å². The lowest BCUT2D eigenvalue weighted by molar-refractivity contribution is -0.170. The fourth-order valence-corrected chi connectivity index (χ4v) is 1.86. The zero-order chi connectivity index (χ0) is 8.48. The maximum Gasteiger partial charge on any atom is 0.154 e. The van der Waals surface area contributed by atoms with E-state index in [-0.39, 0.29) is 5.57 Å². The molecule has 1 aromatic rings. The molecule has 0 aliphatic rings. The van der Waals surface area contributed by atoms with E-state index in [2.05, 4.69) is 4.98 Å². The highest BCUT2D eigenvalue weighted by Crippen LogP contribution is 2.26. The van der Waals surface area contributed by atoms with Crippen LogP contribution in [0.3, 0.4) is 0 Å². The van der Waals surface area contributed by atoms with E-state index in [0.29, 0.717) is 6.54 Å². The molecule has 0 saturated heterocycles. The van der Waals surface area contributed by atoms with Gasteiger partial charge in [-0.25, -0.2) is 4.98 Å². The molecule has 11 heavy (non-hydrogen) atoms. The van der Waals surface area contributed by atoms with Crippen molar-refractivity contribution in [3.05, 3.63) is 12.4 Å². The minimum absolute atomic E-state index is 0.167. The van der Waals surface area contributed by atoms with E-state index in [4.69, 9.17) is 0 Å². The maximum absolute atomic E-state index is 11.0. The Balaban J connectivity index is 3.13. The van der Waals surface area contributed by atoms with Gasteiger partial charge in [-0.3, -0.25) is 0 Å². The van der Waals surface area contributed by atoms with E-state index < -0.39 is 7.37 Å². The minimum atomic E-state index is -3.42. The quantitative estimate of drug-likeness (QED) is 0.582. The first-order valence-electron chi connectivity index (χ1n) is 3.36. The fraction of sp³-hybridized carbons (Fsp3) is 0.500. The molecule has 0 N–H and O–H groups in total. The van der Waals surface area contributed by atoms with Gasteiger partial charge in [0.25, 0.3) is 0 Å². The summed E-state index contributed by atoms with van der Waals surface area (Å²) in [5.41, 5.74) is 0.167. The van der Waals surface area contributed by atoms with Crippen molar-refractivity contribution in [2.45, 2.75) is 13.5 Å². The Kier molecular flexibility index (Phi) is 2.16. The molecule has 1 aromatic heterocycles. The first kappa shape index (κ1) is 8.50. The largest absolute Gasteiger partial charge is 0.794 e. The third-order valence-electron chi connectivity index (χ3n) is 1.40. The molecule has 5 heteroatoms. The van der Waals surface area contributed by atoms with Gasteiger partial charge in [0.05, 0.1) is 7.37 Å². The monoisotopic (exact) mass is 173 g/mol. The first-order chi connectivity index (χ1) is 5.05. The number of aromatic nitrogens is 2. The van der Waals surface area contributed by atoms with Gasteiger partial charge in [0.2, 0.25) is 0 Å². The zero-order valence-electron chi connectivity index (χ0n) is 6.52. The molecule has 1 rings (SSSR count). The Bertz CT molecular complexity index is 289. The van der Waals surface area contributed by atoms with Crippen LogP contribution in [0.4, 0.5) is 0 Å². The van der Waals surface area contributed by atoms with Gasteiger partial charge in [-0.05, 0) is 13.6 Å². The Morgan fingerprint density at radius 3 is 2.82 bits per heavy atom. The average molecular weight is 173 g/mol. The lowest BCUT2D eigenvalue weighted by Crippen LogP contribution is -2.23. The van der Waals surface area contributed by atoms with Crippen LogP contribution >= 0.6 is 7.37 Å². The standard InChI is InChI=1S/C6H11N2O2P/c1-3-8-5-4-7-6(8)11(2,9)10/h4-5H,3H2,1-2H3,(H,9,10)/p-1. The van der Waals surface area contributed by atoms with E-state index in [0.717, 1.165) is 0 Å². The summed E-state index contributed by atoms with van der Waals surface area (Å²) in [6.07, 6.45) is 3.15. The molecule has 0 aromatic carbocycles. The predicted octanol–water partition coefficient (Wildman–Crippen LogP) is -0.204. The van der Waals surface area contributed by atoms with Crippen molar-refractivity contribution in [3.8, 4) is 0 Å². The first-order valence-corrected chi connectivity index (χ1v) is 5.43. The van der Waals surface area contributed by atoms with Crippen molar-refractivity contribution >= 4 is 12.9 Å². The summed E-state index contributed by atoms with van der Waals surface area (Å²) in [5.74, 6) is 0. The van der Waals surface area contributed by atoms with Crippen LogP contribution in [0.2, 0.25) is 0 Å². The molecule has 0 fully saturated rings. The van der Waals surface area contributed by atoms with Crippen LogP contribution in [0, 0.1) is 0 Å². The molecular formula is C6H10N2O2P-. The molecule has 0 spiro atoms. The summed E-state index contributed by atoms with van der Waals surface area (Å²) in [5, 5.41) is 0. The van der Waals surface area contributed by atoms with Crippen molar-refractivity contribution in [2.75, 3.05) is 6.66 Å². The smallest absolute Gasteiger partial charge is 0.154 e. The number of rotatable bonds is 2. The summed E-state index contributed by atoms with van der Waals surface area (Å²) in [6.45, 7) is 3.69. The minimum Gasteiger partial charge on any atom is -0.794 e. The van der Waals surface area contributed by atoms with Gasteiger partial charge in [-0.1, -0.05) is 0 Å². The van der Waals surface area contributed by atoms with Gasteiger partial charge in [0.15, 0.2) is 5.57 Å². The number of aryl methyl sites for hydroxylation is 1. The molecule has 4 nitrogen and oxygen atoms in total. The molecule has 0 bridgehead atoms. The van der Waals surface area contributed by atoms with Crippen molar-refractivity contribution in [1.29, 1.82) is 0 Å². The number of hydrogen-bond acceptors (Lipinski definition) is 3. The molecule has 0 saturated carbocycles. The molecule has 0 radical (unpaired) electrons. The summed E-state index contributed by atoms with van der Waals surface area (Å²) >= 11 is 0. The Morgan fingerprint density at radius 2 is 2.45 bits per heavy atom. The van der Waals surface area contributed by atoms with E-state index in [1.54, 1.807) is 10.8 Å². The van der Waals surface area contributed by atoms with Crippen LogP contribution in [-0.4, -0.2) is 16.2 Å². The van der Waals surface area contributed by atoms with Crippen molar-refractivity contribution < 1.29 is 9.46 Å². The Morgan fingerprint density at radius 1 is 1.82 bits per heavy atom. The highest BCUT2D eigenvalue weighted by molar-refractivity contribution is 7.63. The third-order valence-corrected chi connectivity index (χ3v) is 2.50. The van der Waals surface area contributed by atoms with Crippen molar-refractivity contribution in [3.63, 3.8) is 0 Å². The summed E-state index contributed by atoms with van der Waals surface area (Å²) in [4.78, 5) is 14.8. The zero-order valence-corrected chi connectivity index (χ0v) is 7.41. The fourth-order valence-electron chi connectivity index (χ4n) is 0.906. The lowest BCUT2D eigenvalue weighted by Gasteiger charge is -2.17. The number of nitrogens with zero attached hydrogens (tertiary/aromatic N) is 2. The van der Waals surface area contributed by atoms with Gasteiger partial charge in [0, 0.05) is 18.9 Å². The molecule has 0 amide bonds. The van der Waals surface area contributed by atoms with E-state index in [1.807, 2.05) is 6.92 Å². The highest BCUT2D eigenvalue weighted by Gasteiger charge is 2.09. The van der Waals surface area contributed by atoms with E-state index in [1.165, 1.54) is 12.9 Å². The van der Waals surface area contributed by atoms with Crippen molar-refractivity contribution in [2.24, 2.45) is 0 Å². The average Bonchev–Trinajstić information content (AvgIpc) is 2.31. The van der Waals surface area contributed by atoms with Crippen LogP contribution in [0.25, 0.3) is 0 Å². The molecule has 0 aliphatic carbocycles. The van der Waals surface area contributed by atoms with Gasteiger partial charge >= 0.3 is 0 Å². The third kappa shape index (κ3) is 1.70. The SMILES string of the molecule is CCn1ccnc1P(C)(=O)[O-]. The predicted molar refractivity (Wildman–Crippen MR) is 41.1 cm³/mol. The molecule has 1 atom stereocenters.